The molecule has 0 aliphatic carbocycles. The molecule has 2 nitrogen and oxygen atoms in total. The van der Waals surface area contributed by atoms with Gasteiger partial charge in [-0.1, -0.05) is 32.1 Å². The van der Waals surface area contributed by atoms with Gasteiger partial charge in [0.1, 0.15) is 10.7 Å². The molecule has 1 rings (SSSR count). The summed E-state index contributed by atoms with van der Waals surface area (Å²) in [5, 5.41) is 0. The molecule has 0 saturated carbocycles. The Labute approximate surface area is 107 Å². The van der Waals surface area contributed by atoms with Crippen molar-refractivity contribution in [3.8, 4) is 5.75 Å². The van der Waals surface area contributed by atoms with Crippen molar-refractivity contribution >= 4 is 29.0 Å². The number of rotatable bonds is 6. The van der Waals surface area contributed by atoms with Crippen LogP contribution >= 0.6 is 24.0 Å². The van der Waals surface area contributed by atoms with Crippen LogP contribution in [0.25, 0.3) is 0 Å². The average Bonchev–Trinajstić information content (AvgIpc) is 2.26. The lowest BCUT2D eigenvalue weighted by molar-refractivity contribution is 0.316. The van der Waals surface area contributed by atoms with Gasteiger partial charge in [0.15, 0.2) is 0 Å². The fourth-order valence-electron chi connectivity index (χ4n) is 1.36. The van der Waals surface area contributed by atoms with Crippen molar-refractivity contribution < 1.29 is 4.74 Å². The Hall–Kier alpha value is -0.740. The van der Waals surface area contributed by atoms with Crippen LogP contribution in [0.15, 0.2) is 23.1 Å². The van der Waals surface area contributed by atoms with Crippen LogP contribution in [0.1, 0.15) is 25.8 Å². The van der Waals surface area contributed by atoms with Crippen molar-refractivity contribution in [1.82, 2.24) is 0 Å². The molecule has 16 heavy (non-hydrogen) atoms. The molecule has 1 aromatic carbocycles. The van der Waals surface area contributed by atoms with Gasteiger partial charge in [0.25, 0.3) is 0 Å². The zero-order chi connectivity index (χ0) is 12.0. The molecule has 0 spiro atoms. The SMILES string of the molecule is CCCOc1cccc(SCC)c1C(N)=S. The molecule has 0 aliphatic rings. The lowest BCUT2D eigenvalue weighted by Crippen LogP contribution is -2.13. The van der Waals surface area contributed by atoms with Gasteiger partial charge >= 0.3 is 0 Å². The third-order valence-electron chi connectivity index (χ3n) is 2.00. The van der Waals surface area contributed by atoms with Crippen molar-refractivity contribution in [3.05, 3.63) is 23.8 Å². The van der Waals surface area contributed by atoms with E-state index in [2.05, 4.69) is 13.8 Å². The van der Waals surface area contributed by atoms with Gasteiger partial charge in [-0.3, -0.25) is 0 Å². The number of hydrogen-bond donors (Lipinski definition) is 1. The highest BCUT2D eigenvalue weighted by molar-refractivity contribution is 7.99. The topological polar surface area (TPSA) is 35.2 Å². The Kier molecular flexibility index (Phi) is 5.63. The van der Waals surface area contributed by atoms with Gasteiger partial charge in [-0.05, 0) is 24.3 Å². The number of hydrogen-bond acceptors (Lipinski definition) is 3. The quantitative estimate of drug-likeness (QED) is 0.625. The van der Waals surface area contributed by atoms with Crippen LogP contribution in [0, 0.1) is 0 Å². The standard InChI is InChI=1S/C12H17NOS2/c1-3-8-14-9-6-5-7-10(16-4-2)11(9)12(13)15/h5-7H,3-4,8H2,1-2H3,(H2,13,15). The lowest BCUT2D eigenvalue weighted by Gasteiger charge is -2.13. The maximum Gasteiger partial charge on any atom is 0.130 e. The zero-order valence-corrected chi connectivity index (χ0v) is 11.3. The van der Waals surface area contributed by atoms with Gasteiger partial charge < -0.3 is 10.5 Å². The second-order valence-corrected chi connectivity index (χ2v) is 5.02. The zero-order valence-electron chi connectivity index (χ0n) is 9.66. The van der Waals surface area contributed by atoms with E-state index in [1.165, 1.54) is 0 Å². The van der Waals surface area contributed by atoms with E-state index >= 15 is 0 Å². The van der Waals surface area contributed by atoms with Crippen LogP contribution in [-0.2, 0) is 0 Å². The molecule has 4 heteroatoms. The Bertz CT molecular complexity index is 366. The number of ether oxygens (including phenoxy) is 1. The van der Waals surface area contributed by atoms with Crippen LogP contribution in [0.5, 0.6) is 5.75 Å². The Morgan fingerprint density at radius 3 is 2.75 bits per heavy atom. The molecular weight excluding hydrogens is 238 g/mol. The van der Waals surface area contributed by atoms with Gasteiger partial charge in [0.05, 0.1) is 12.2 Å². The Balaban J connectivity index is 3.05. The third-order valence-corrected chi connectivity index (χ3v) is 3.14. The average molecular weight is 255 g/mol. The fourth-order valence-corrected chi connectivity index (χ4v) is 2.48. The molecule has 0 amide bonds. The summed E-state index contributed by atoms with van der Waals surface area (Å²) in [5.74, 6) is 1.79. The summed E-state index contributed by atoms with van der Waals surface area (Å²) in [4.78, 5) is 1.51. The second kappa shape index (κ2) is 6.76. The highest BCUT2D eigenvalue weighted by Gasteiger charge is 2.11. The van der Waals surface area contributed by atoms with E-state index in [1.807, 2.05) is 18.2 Å². The van der Waals surface area contributed by atoms with Crippen molar-refractivity contribution in [2.24, 2.45) is 5.73 Å². The van der Waals surface area contributed by atoms with E-state index in [4.69, 9.17) is 22.7 Å². The van der Waals surface area contributed by atoms with Crippen molar-refractivity contribution in [3.63, 3.8) is 0 Å². The molecule has 0 aromatic heterocycles. The molecule has 0 atom stereocenters. The van der Waals surface area contributed by atoms with E-state index in [1.54, 1.807) is 11.8 Å². The first-order valence-electron chi connectivity index (χ1n) is 5.39. The molecule has 0 bridgehead atoms. The molecule has 0 aliphatic heterocycles. The summed E-state index contributed by atoms with van der Waals surface area (Å²) in [6, 6.07) is 5.93. The summed E-state index contributed by atoms with van der Waals surface area (Å²) in [6.07, 6.45) is 0.974. The van der Waals surface area contributed by atoms with E-state index in [0.717, 1.165) is 28.4 Å². The number of thioether (sulfide) groups is 1. The van der Waals surface area contributed by atoms with Crippen LogP contribution < -0.4 is 10.5 Å². The van der Waals surface area contributed by atoms with Crippen LogP contribution in [0.2, 0.25) is 0 Å². The van der Waals surface area contributed by atoms with E-state index in [9.17, 15) is 0 Å². The molecule has 0 radical (unpaired) electrons. The number of nitrogens with two attached hydrogens (primary N) is 1. The van der Waals surface area contributed by atoms with E-state index in [0.29, 0.717) is 11.6 Å². The van der Waals surface area contributed by atoms with E-state index in [-0.39, 0.29) is 0 Å². The highest BCUT2D eigenvalue weighted by atomic mass is 32.2. The smallest absolute Gasteiger partial charge is 0.130 e. The maximum absolute atomic E-state index is 5.76. The summed E-state index contributed by atoms with van der Waals surface area (Å²) >= 11 is 6.82. The molecule has 1 aromatic rings. The van der Waals surface area contributed by atoms with Gasteiger partial charge in [0.2, 0.25) is 0 Å². The van der Waals surface area contributed by atoms with Crippen molar-refractivity contribution in [1.29, 1.82) is 0 Å². The Morgan fingerprint density at radius 1 is 1.44 bits per heavy atom. The Morgan fingerprint density at radius 2 is 2.19 bits per heavy atom. The molecular formula is C12H17NOS2. The highest BCUT2D eigenvalue weighted by Crippen LogP contribution is 2.30. The molecule has 0 heterocycles. The predicted octanol–water partition coefficient (Wildman–Crippen LogP) is 3.22. The molecule has 0 unspecified atom stereocenters. The van der Waals surface area contributed by atoms with Crippen LogP contribution in [0.4, 0.5) is 0 Å². The molecule has 0 fully saturated rings. The van der Waals surface area contributed by atoms with Crippen LogP contribution in [0.3, 0.4) is 0 Å². The monoisotopic (exact) mass is 255 g/mol. The number of thiocarbonyl (C=S) groups is 1. The number of benzene rings is 1. The minimum Gasteiger partial charge on any atom is -0.493 e. The largest absolute Gasteiger partial charge is 0.493 e. The minimum absolute atomic E-state index is 0.405. The second-order valence-electron chi connectivity index (χ2n) is 3.28. The normalized spacial score (nSPS) is 10.1. The summed E-state index contributed by atoms with van der Waals surface area (Å²) in [5.41, 5.74) is 6.63. The summed E-state index contributed by atoms with van der Waals surface area (Å²) in [7, 11) is 0. The summed E-state index contributed by atoms with van der Waals surface area (Å²) in [6.45, 7) is 4.87. The first-order valence-corrected chi connectivity index (χ1v) is 6.78. The lowest BCUT2D eigenvalue weighted by atomic mass is 10.2. The minimum atomic E-state index is 0.405. The fraction of sp³-hybridized carbons (Fsp3) is 0.417. The molecule has 88 valence electrons. The van der Waals surface area contributed by atoms with Gasteiger partial charge in [-0.2, -0.15) is 0 Å². The van der Waals surface area contributed by atoms with Crippen molar-refractivity contribution in [2.75, 3.05) is 12.4 Å². The first-order chi connectivity index (χ1) is 7.70. The van der Waals surface area contributed by atoms with Crippen LogP contribution in [-0.4, -0.2) is 17.3 Å². The molecule has 0 saturated heterocycles. The van der Waals surface area contributed by atoms with Gasteiger partial charge in [-0.25, -0.2) is 0 Å². The van der Waals surface area contributed by atoms with Gasteiger partial charge in [-0.15, -0.1) is 11.8 Å². The maximum atomic E-state index is 5.76. The third kappa shape index (κ3) is 3.39. The van der Waals surface area contributed by atoms with Gasteiger partial charge in [0, 0.05) is 4.90 Å². The molecule has 2 N–H and O–H groups in total. The van der Waals surface area contributed by atoms with Crippen molar-refractivity contribution in [2.45, 2.75) is 25.2 Å². The van der Waals surface area contributed by atoms with E-state index < -0.39 is 0 Å². The predicted molar refractivity (Wildman–Crippen MR) is 74.5 cm³/mol. The summed E-state index contributed by atoms with van der Waals surface area (Å²) < 4.78 is 5.65. The first kappa shape index (κ1) is 13.3.